The van der Waals surface area contributed by atoms with Crippen LogP contribution in [0.2, 0.25) is 0 Å². The summed E-state index contributed by atoms with van der Waals surface area (Å²) in [4.78, 5) is 9.90. The van der Waals surface area contributed by atoms with Gasteiger partial charge in [-0.3, -0.25) is 4.90 Å². The van der Waals surface area contributed by atoms with Crippen LogP contribution < -0.4 is 5.32 Å². The molecular weight excluding hydrogens is 200 g/mol. The van der Waals surface area contributed by atoms with Crippen molar-refractivity contribution >= 4 is 0 Å². The smallest absolute Gasteiger partial charge is 0.0922 e. The van der Waals surface area contributed by atoms with Crippen molar-refractivity contribution in [2.45, 2.75) is 44.3 Å². The van der Waals surface area contributed by atoms with E-state index < -0.39 is 0 Å². The van der Waals surface area contributed by atoms with Gasteiger partial charge in [-0.05, 0) is 38.8 Å². The fraction of sp³-hybridized carbons (Fsp3) is 0.750. The Labute approximate surface area is 96.4 Å². The third kappa shape index (κ3) is 1.99. The van der Waals surface area contributed by atoms with Crippen LogP contribution >= 0.6 is 0 Å². The number of hydrogen-bond acceptors (Lipinski definition) is 3. The molecule has 4 heteroatoms. The van der Waals surface area contributed by atoms with E-state index in [4.69, 9.17) is 0 Å². The molecule has 2 unspecified atom stereocenters. The molecule has 0 aliphatic carbocycles. The van der Waals surface area contributed by atoms with E-state index >= 15 is 0 Å². The number of nitrogens with zero attached hydrogens (tertiary/aromatic N) is 2. The Morgan fingerprint density at radius 3 is 3.12 bits per heavy atom. The number of imidazole rings is 1. The first-order valence-electron chi connectivity index (χ1n) is 6.38. The molecule has 2 N–H and O–H groups in total. The molecule has 0 saturated carbocycles. The average molecular weight is 220 g/mol. The molecule has 0 aromatic carbocycles. The predicted octanol–water partition coefficient (Wildman–Crippen LogP) is 1.13. The Morgan fingerprint density at radius 2 is 2.38 bits per heavy atom. The summed E-state index contributed by atoms with van der Waals surface area (Å²) in [6.07, 6.45) is 9.11. The van der Waals surface area contributed by atoms with Gasteiger partial charge in [0, 0.05) is 30.5 Å². The largest absolute Gasteiger partial charge is 0.347 e. The van der Waals surface area contributed by atoms with Gasteiger partial charge in [0.25, 0.3) is 0 Å². The Bertz CT molecular complexity index is 316. The highest BCUT2D eigenvalue weighted by molar-refractivity contribution is 4.99. The van der Waals surface area contributed by atoms with E-state index in [1.165, 1.54) is 44.5 Å². The van der Waals surface area contributed by atoms with Crippen LogP contribution in [0.25, 0.3) is 0 Å². The summed E-state index contributed by atoms with van der Waals surface area (Å²) in [6.45, 7) is 3.48. The lowest BCUT2D eigenvalue weighted by molar-refractivity contribution is 0.204. The van der Waals surface area contributed by atoms with E-state index in [9.17, 15) is 0 Å². The second-order valence-electron chi connectivity index (χ2n) is 4.96. The molecule has 0 bridgehead atoms. The number of aromatic amines is 1. The fourth-order valence-corrected chi connectivity index (χ4v) is 3.13. The van der Waals surface area contributed by atoms with Gasteiger partial charge in [-0.2, -0.15) is 0 Å². The van der Waals surface area contributed by atoms with Crippen LogP contribution in [0.4, 0.5) is 0 Å². The summed E-state index contributed by atoms with van der Waals surface area (Å²) in [5.74, 6) is 0. The van der Waals surface area contributed by atoms with Gasteiger partial charge in [0.2, 0.25) is 0 Å². The maximum absolute atomic E-state index is 4.09. The number of rotatable bonds is 3. The molecule has 4 nitrogen and oxygen atoms in total. The van der Waals surface area contributed by atoms with Gasteiger partial charge in [0.1, 0.15) is 0 Å². The minimum absolute atomic E-state index is 0.727. The Morgan fingerprint density at radius 1 is 1.38 bits per heavy atom. The molecular formula is C12H20N4. The lowest BCUT2D eigenvalue weighted by atomic mass is 10.0. The molecule has 88 valence electrons. The van der Waals surface area contributed by atoms with Crippen molar-refractivity contribution in [2.75, 3.05) is 13.1 Å². The first-order chi connectivity index (χ1) is 7.93. The summed E-state index contributed by atoms with van der Waals surface area (Å²) < 4.78 is 0. The van der Waals surface area contributed by atoms with Crippen molar-refractivity contribution in [1.82, 2.24) is 20.2 Å². The third-order valence-electron chi connectivity index (χ3n) is 3.91. The molecule has 0 radical (unpaired) electrons. The van der Waals surface area contributed by atoms with Crippen molar-refractivity contribution in [3.63, 3.8) is 0 Å². The first kappa shape index (κ1) is 10.3. The third-order valence-corrected chi connectivity index (χ3v) is 3.91. The fourth-order valence-electron chi connectivity index (χ4n) is 3.13. The van der Waals surface area contributed by atoms with Crippen molar-refractivity contribution in [3.8, 4) is 0 Å². The van der Waals surface area contributed by atoms with Crippen LogP contribution in [0.3, 0.4) is 0 Å². The molecule has 0 spiro atoms. The normalized spacial score (nSPS) is 31.2. The van der Waals surface area contributed by atoms with Gasteiger partial charge in [-0.1, -0.05) is 0 Å². The number of hydrogen-bond donors (Lipinski definition) is 2. The summed E-state index contributed by atoms with van der Waals surface area (Å²) >= 11 is 0. The van der Waals surface area contributed by atoms with E-state index in [1.807, 2.05) is 6.20 Å². The summed E-state index contributed by atoms with van der Waals surface area (Å²) in [6, 6.07) is 1.47. The monoisotopic (exact) mass is 220 g/mol. The van der Waals surface area contributed by atoms with E-state index in [0.717, 1.165) is 18.6 Å². The van der Waals surface area contributed by atoms with Crippen molar-refractivity contribution < 1.29 is 0 Å². The zero-order valence-electron chi connectivity index (χ0n) is 9.65. The van der Waals surface area contributed by atoms with Gasteiger partial charge >= 0.3 is 0 Å². The average Bonchev–Trinajstić information content (AvgIpc) is 2.98. The van der Waals surface area contributed by atoms with Crippen LogP contribution in [-0.2, 0) is 6.54 Å². The molecule has 1 aromatic heterocycles. The van der Waals surface area contributed by atoms with Gasteiger partial charge < -0.3 is 10.3 Å². The zero-order chi connectivity index (χ0) is 10.8. The quantitative estimate of drug-likeness (QED) is 0.802. The Kier molecular flexibility index (Phi) is 2.93. The first-order valence-corrected chi connectivity index (χ1v) is 6.38. The zero-order valence-corrected chi connectivity index (χ0v) is 9.65. The molecule has 2 aliphatic rings. The van der Waals surface area contributed by atoms with Crippen molar-refractivity contribution in [3.05, 3.63) is 18.2 Å². The van der Waals surface area contributed by atoms with E-state index in [-0.39, 0.29) is 0 Å². The second-order valence-corrected chi connectivity index (χ2v) is 4.96. The van der Waals surface area contributed by atoms with Crippen LogP contribution in [0.1, 0.15) is 31.4 Å². The maximum atomic E-state index is 4.09. The maximum Gasteiger partial charge on any atom is 0.0922 e. The minimum Gasteiger partial charge on any atom is -0.347 e. The van der Waals surface area contributed by atoms with E-state index in [2.05, 4.69) is 20.2 Å². The van der Waals surface area contributed by atoms with Gasteiger partial charge in [-0.15, -0.1) is 0 Å². The number of aromatic nitrogens is 2. The molecule has 3 rings (SSSR count). The van der Waals surface area contributed by atoms with E-state index in [1.54, 1.807) is 6.33 Å². The topological polar surface area (TPSA) is 44.0 Å². The molecule has 2 aliphatic heterocycles. The summed E-state index contributed by atoms with van der Waals surface area (Å²) in [5, 5.41) is 3.64. The number of likely N-dealkylation sites (tertiary alicyclic amines) is 1. The number of H-pyrrole nitrogens is 1. The minimum atomic E-state index is 0.727. The highest BCUT2D eigenvalue weighted by atomic mass is 15.2. The lowest BCUT2D eigenvalue weighted by Crippen LogP contribution is -2.43. The Hall–Kier alpha value is -0.870. The molecule has 1 aromatic rings. The molecule has 2 fully saturated rings. The molecule has 0 amide bonds. The highest BCUT2D eigenvalue weighted by Gasteiger charge is 2.32. The van der Waals surface area contributed by atoms with Crippen LogP contribution in [-0.4, -0.2) is 40.0 Å². The second kappa shape index (κ2) is 4.55. The molecule has 16 heavy (non-hydrogen) atoms. The van der Waals surface area contributed by atoms with Gasteiger partial charge in [0.05, 0.1) is 6.33 Å². The molecule has 2 atom stereocenters. The lowest BCUT2D eigenvalue weighted by Gasteiger charge is -2.28. The van der Waals surface area contributed by atoms with E-state index in [0.29, 0.717) is 0 Å². The molecule has 2 saturated heterocycles. The molecule has 3 heterocycles. The van der Waals surface area contributed by atoms with Crippen LogP contribution in [0, 0.1) is 0 Å². The predicted molar refractivity (Wildman–Crippen MR) is 63.0 cm³/mol. The highest BCUT2D eigenvalue weighted by Crippen LogP contribution is 2.25. The summed E-state index contributed by atoms with van der Waals surface area (Å²) in [5.41, 5.74) is 1.24. The van der Waals surface area contributed by atoms with Crippen molar-refractivity contribution in [1.29, 1.82) is 0 Å². The SMILES string of the molecule is c1ncc(CN2CCCC2C2CCCN2)[nH]1. The van der Waals surface area contributed by atoms with Gasteiger partial charge in [0.15, 0.2) is 0 Å². The Balaban J connectivity index is 1.64. The standard InChI is InChI=1S/C12H20N4/c1-3-11(14-5-1)12-4-2-6-16(12)8-10-7-13-9-15-10/h7,9,11-12,14H,1-6,8H2,(H,13,15). The van der Waals surface area contributed by atoms with Crippen LogP contribution in [0.15, 0.2) is 12.5 Å². The number of nitrogens with one attached hydrogen (secondary N) is 2. The van der Waals surface area contributed by atoms with Gasteiger partial charge in [-0.25, -0.2) is 4.98 Å². The van der Waals surface area contributed by atoms with Crippen LogP contribution in [0.5, 0.6) is 0 Å². The summed E-state index contributed by atoms with van der Waals surface area (Å²) in [7, 11) is 0. The van der Waals surface area contributed by atoms with Crippen molar-refractivity contribution in [2.24, 2.45) is 0 Å².